The molecule has 5 nitrogen and oxygen atoms in total. The average molecular weight is 187 g/mol. The summed E-state index contributed by atoms with van der Waals surface area (Å²) in [4.78, 5) is 21.7. The number of hydrogen-bond donors (Lipinski definition) is 2. The highest BCUT2D eigenvalue weighted by Crippen LogP contribution is 2.17. The summed E-state index contributed by atoms with van der Waals surface area (Å²) in [6.07, 6.45) is 0.687. The molecule has 0 aromatic heterocycles. The van der Waals surface area contributed by atoms with Crippen molar-refractivity contribution >= 4 is 11.9 Å². The van der Waals surface area contributed by atoms with E-state index in [9.17, 15) is 9.59 Å². The standard InChI is InChI=1S/C8H13NO4/c1-13-4-6-5(8(11)12)2-3-7(10)9-6/h5-6H,2-4H2,1H3,(H,9,10)(H,11,12)/t5-,6-/m1/s1. The molecule has 0 spiro atoms. The number of ether oxygens (including phenoxy) is 1. The molecule has 1 aliphatic rings. The average Bonchev–Trinajstić information content (AvgIpc) is 2.04. The van der Waals surface area contributed by atoms with Crippen molar-refractivity contribution in [1.29, 1.82) is 0 Å². The lowest BCUT2D eigenvalue weighted by molar-refractivity contribution is -0.145. The number of carboxylic acids is 1. The van der Waals surface area contributed by atoms with E-state index in [1.54, 1.807) is 0 Å². The highest BCUT2D eigenvalue weighted by Gasteiger charge is 2.33. The molecule has 0 unspecified atom stereocenters. The minimum Gasteiger partial charge on any atom is -0.481 e. The van der Waals surface area contributed by atoms with Crippen LogP contribution < -0.4 is 5.32 Å². The summed E-state index contributed by atoms with van der Waals surface area (Å²) in [6, 6.07) is -0.385. The maximum atomic E-state index is 11.0. The van der Waals surface area contributed by atoms with Crippen molar-refractivity contribution in [2.24, 2.45) is 5.92 Å². The monoisotopic (exact) mass is 187 g/mol. The summed E-state index contributed by atoms with van der Waals surface area (Å²) in [7, 11) is 1.49. The normalized spacial score (nSPS) is 28.2. The van der Waals surface area contributed by atoms with Crippen LogP contribution in [0.4, 0.5) is 0 Å². The molecule has 2 atom stereocenters. The third-order valence-electron chi connectivity index (χ3n) is 2.18. The topological polar surface area (TPSA) is 75.6 Å². The molecule has 1 aliphatic heterocycles. The molecule has 0 saturated carbocycles. The lowest BCUT2D eigenvalue weighted by Gasteiger charge is -2.28. The van der Waals surface area contributed by atoms with Gasteiger partial charge in [-0.15, -0.1) is 0 Å². The molecule has 0 bridgehead atoms. The Balaban J connectivity index is 2.60. The Hall–Kier alpha value is -1.10. The number of amides is 1. The van der Waals surface area contributed by atoms with E-state index in [1.165, 1.54) is 7.11 Å². The molecule has 5 heteroatoms. The molecule has 0 aromatic rings. The maximum absolute atomic E-state index is 11.0. The van der Waals surface area contributed by atoms with E-state index in [-0.39, 0.29) is 25.0 Å². The molecule has 1 fully saturated rings. The van der Waals surface area contributed by atoms with Crippen LogP contribution in [-0.2, 0) is 14.3 Å². The molecule has 0 aliphatic carbocycles. The van der Waals surface area contributed by atoms with Gasteiger partial charge >= 0.3 is 5.97 Å². The zero-order valence-corrected chi connectivity index (χ0v) is 7.45. The van der Waals surface area contributed by atoms with Gasteiger partial charge in [-0.1, -0.05) is 0 Å². The number of aliphatic carboxylic acids is 1. The third kappa shape index (κ3) is 2.42. The van der Waals surface area contributed by atoms with E-state index in [2.05, 4.69) is 5.32 Å². The van der Waals surface area contributed by atoms with Gasteiger partial charge in [0.15, 0.2) is 0 Å². The number of nitrogens with one attached hydrogen (secondary N) is 1. The summed E-state index contributed by atoms with van der Waals surface area (Å²) in [5, 5.41) is 11.4. The van der Waals surface area contributed by atoms with Crippen LogP contribution in [0.5, 0.6) is 0 Å². The Morgan fingerprint density at radius 1 is 1.77 bits per heavy atom. The van der Waals surface area contributed by atoms with Gasteiger partial charge in [0.1, 0.15) is 0 Å². The number of rotatable bonds is 3. The Morgan fingerprint density at radius 3 is 3.00 bits per heavy atom. The molecule has 0 aromatic carbocycles. The zero-order valence-electron chi connectivity index (χ0n) is 7.45. The largest absolute Gasteiger partial charge is 0.481 e. The van der Waals surface area contributed by atoms with Crippen molar-refractivity contribution < 1.29 is 19.4 Å². The van der Waals surface area contributed by atoms with Gasteiger partial charge in [-0.25, -0.2) is 0 Å². The van der Waals surface area contributed by atoms with Crippen LogP contribution in [-0.4, -0.2) is 36.7 Å². The van der Waals surface area contributed by atoms with Gasteiger partial charge in [0.05, 0.1) is 18.6 Å². The molecule has 1 amide bonds. The number of hydrogen-bond acceptors (Lipinski definition) is 3. The van der Waals surface area contributed by atoms with Crippen LogP contribution in [0, 0.1) is 5.92 Å². The lowest BCUT2D eigenvalue weighted by atomic mass is 9.91. The van der Waals surface area contributed by atoms with Crippen LogP contribution in [0.1, 0.15) is 12.8 Å². The smallest absolute Gasteiger partial charge is 0.308 e. The predicted molar refractivity (Wildman–Crippen MR) is 44.2 cm³/mol. The lowest BCUT2D eigenvalue weighted by Crippen LogP contribution is -2.50. The number of piperidine rings is 1. The maximum Gasteiger partial charge on any atom is 0.308 e. The summed E-state index contributed by atoms with van der Waals surface area (Å²) in [5.74, 6) is -1.49. The van der Waals surface area contributed by atoms with Crippen molar-refractivity contribution in [3.05, 3.63) is 0 Å². The summed E-state index contributed by atoms with van der Waals surface area (Å²) < 4.78 is 4.83. The first-order valence-electron chi connectivity index (χ1n) is 4.16. The van der Waals surface area contributed by atoms with Gasteiger partial charge in [-0.3, -0.25) is 9.59 Å². The van der Waals surface area contributed by atoms with Crippen LogP contribution in [0.25, 0.3) is 0 Å². The number of carbonyl (C=O) groups excluding carboxylic acids is 1. The van der Waals surface area contributed by atoms with Crippen molar-refractivity contribution in [3.8, 4) is 0 Å². The molecule has 2 N–H and O–H groups in total. The molecule has 1 saturated heterocycles. The highest BCUT2D eigenvalue weighted by atomic mass is 16.5. The Bertz CT molecular complexity index is 216. The second kappa shape index (κ2) is 4.23. The zero-order chi connectivity index (χ0) is 9.84. The van der Waals surface area contributed by atoms with Crippen molar-refractivity contribution in [2.75, 3.05) is 13.7 Å². The van der Waals surface area contributed by atoms with Gasteiger partial charge in [0.25, 0.3) is 0 Å². The van der Waals surface area contributed by atoms with Crippen LogP contribution in [0.2, 0.25) is 0 Å². The Labute approximate surface area is 76.1 Å². The van der Waals surface area contributed by atoms with E-state index < -0.39 is 11.9 Å². The van der Waals surface area contributed by atoms with Gasteiger partial charge in [-0.2, -0.15) is 0 Å². The quantitative estimate of drug-likeness (QED) is 0.631. The predicted octanol–water partition coefficient (Wildman–Crippen LogP) is -0.388. The van der Waals surface area contributed by atoms with Crippen molar-refractivity contribution in [1.82, 2.24) is 5.32 Å². The first-order chi connectivity index (χ1) is 6.15. The van der Waals surface area contributed by atoms with E-state index >= 15 is 0 Å². The second-order valence-electron chi connectivity index (χ2n) is 3.11. The molecule has 1 heterocycles. The van der Waals surface area contributed by atoms with Gasteiger partial charge in [0.2, 0.25) is 5.91 Å². The minimum atomic E-state index is -0.873. The van der Waals surface area contributed by atoms with E-state index in [1.807, 2.05) is 0 Å². The fourth-order valence-electron chi connectivity index (χ4n) is 1.50. The Morgan fingerprint density at radius 2 is 2.46 bits per heavy atom. The van der Waals surface area contributed by atoms with E-state index in [0.29, 0.717) is 6.42 Å². The second-order valence-corrected chi connectivity index (χ2v) is 3.11. The minimum absolute atomic E-state index is 0.0976. The number of methoxy groups -OCH3 is 1. The fraction of sp³-hybridized carbons (Fsp3) is 0.750. The Kier molecular flexibility index (Phi) is 3.25. The number of carboxylic acid groups (broad SMARTS) is 1. The molecular formula is C8H13NO4. The number of carbonyl (C=O) groups is 2. The van der Waals surface area contributed by atoms with Gasteiger partial charge < -0.3 is 15.2 Å². The first kappa shape index (κ1) is 9.98. The third-order valence-corrected chi connectivity index (χ3v) is 2.18. The summed E-state index contributed by atoms with van der Waals surface area (Å²) in [6.45, 7) is 0.253. The fourth-order valence-corrected chi connectivity index (χ4v) is 1.50. The SMILES string of the molecule is COC[C@H]1NC(=O)CC[C@H]1C(=O)O. The van der Waals surface area contributed by atoms with Crippen molar-refractivity contribution in [3.63, 3.8) is 0 Å². The molecule has 1 rings (SSSR count). The first-order valence-corrected chi connectivity index (χ1v) is 4.16. The van der Waals surface area contributed by atoms with Gasteiger partial charge in [-0.05, 0) is 6.42 Å². The molecule has 13 heavy (non-hydrogen) atoms. The van der Waals surface area contributed by atoms with Crippen molar-refractivity contribution in [2.45, 2.75) is 18.9 Å². The van der Waals surface area contributed by atoms with Gasteiger partial charge in [0, 0.05) is 13.5 Å². The highest BCUT2D eigenvalue weighted by molar-refractivity contribution is 5.81. The molecular weight excluding hydrogens is 174 g/mol. The van der Waals surface area contributed by atoms with Crippen LogP contribution in [0.15, 0.2) is 0 Å². The van der Waals surface area contributed by atoms with E-state index in [0.717, 1.165) is 0 Å². The molecule has 0 radical (unpaired) electrons. The van der Waals surface area contributed by atoms with Crippen LogP contribution >= 0.6 is 0 Å². The van der Waals surface area contributed by atoms with Crippen LogP contribution in [0.3, 0.4) is 0 Å². The van der Waals surface area contributed by atoms with E-state index in [4.69, 9.17) is 9.84 Å². The summed E-state index contributed by atoms with van der Waals surface area (Å²) >= 11 is 0. The summed E-state index contributed by atoms with van der Waals surface area (Å²) in [5.41, 5.74) is 0. The molecule has 74 valence electrons.